The third-order valence-corrected chi connectivity index (χ3v) is 6.08. The Morgan fingerprint density at radius 2 is 1.59 bits per heavy atom. The molecule has 0 aliphatic carbocycles. The second-order valence-corrected chi connectivity index (χ2v) is 8.73. The summed E-state index contributed by atoms with van der Waals surface area (Å²) in [4.78, 5) is 2.44. The second-order valence-electron chi connectivity index (χ2n) is 5.77. The van der Waals surface area contributed by atoms with Crippen molar-refractivity contribution in [3.8, 4) is 22.6 Å². The lowest BCUT2D eigenvalue weighted by Crippen LogP contribution is -2.18. The molecule has 4 aliphatic heterocycles. The molecule has 0 spiro atoms. The average molecular weight is 330 g/mol. The van der Waals surface area contributed by atoms with Gasteiger partial charge in [-0.15, -0.1) is 23.5 Å². The monoisotopic (exact) mass is 330 g/mol. The topological polar surface area (TPSA) is 18.5 Å². The minimum Gasteiger partial charge on any atom is -0.491 e. The van der Waals surface area contributed by atoms with Crippen LogP contribution in [0.1, 0.15) is 13.8 Å². The Morgan fingerprint density at radius 3 is 2.41 bits per heavy atom. The van der Waals surface area contributed by atoms with E-state index in [0.29, 0.717) is 17.1 Å². The van der Waals surface area contributed by atoms with Gasteiger partial charge in [-0.25, -0.2) is 0 Å². The number of hydrogen-bond donors (Lipinski definition) is 0. The summed E-state index contributed by atoms with van der Waals surface area (Å²) in [5, 5.41) is 0.861. The highest BCUT2D eigenvalue weighted by molar-refractivity contribution is 8.00. The van der Waals surface area contributed by atoms with Gasteiger partial charge in [0.25, 0.3) is 0 Å². The van der Waals surface area contributed by atoms with Crippen molar-refractivity contribution in [3.63, 3.8) is 0 Å². The van der Waals surface area contributed by atoms with E-state index in [1.807, 2.05) is 23.5 Å². The summed E-state index contributed by atoms with van der Waals surface area (Å²) in [5.41, 5.74) is 2.36. The molecule has 2 unspecified atom stereocenters. The number of rotatable bonds is 0. The fraction of sp³-hybridized carbons (Fsp3) is 0.333. The largest absolute Gasteiger partial charge is 0.491 e. The van der Waals surface area contributed by atoms with E-state index in [9.17, 15) is 0 Å². The molecule has 4 aliphatic rings. The smallest absolute Gasteiger partial charge is 0.144 e. The van der Waals surface area contributed by atoms with Gasteiger partial charge in [0, 0.05) is 21.0 Å². The van der Waals surface area contributed by atoms with Gasteiger partial charge in [0.15, 0.2) is 0 Å². The Bertz CT molecular complexity index is 697. The van der Waals surface area contributed by atoms with Gasteiger partial charge in [0.2, 0.25) is 0 Å². The molecule has 0 fully saturated rings. The number of ether oxygens (including phenoxy) is 2. The minimum absolute atomic E-state index is 0.410. The van der Waals surface area contributed by atoms with E-state index < -0.39 is 0 Å². The van der Waals surface area contributed by atoms with Crippen molar-refractivity contribution < 1.29 is 9.47 Å². The number of fused-ring (bicyclic) bond motifs is 1. The number of hydrogen-bond acceptors (Lipinski definition) is 4. The first-order chi connectivity index (χ1) is 10.7. The molecule has 0 amide bonds. The van der Waals surface area contributed by atoms with Crippen molar-refractivity contribution in [2.75, 3.05) is 13.2 Å². The highest BCUT2D eigenvalue weighted by Crippen LogP contribution is 2.49. The van der Waals surface area contributed by atoms with Crippen molar-refractivity contribution in [2.45, 2.75) is 34.1 Å². The molecule has 0 N–H and O–H groups in total. The second kappa shape index (κ2) is 5.74. The maximum atomic E-state index is 6.11. The number of benzene rings is 2. The van der Waals surface area contributed by atoms with Crippen molar-refractivity contribution in [2.24, 2.45) is 0 Å². The zero-order valence-electron chi connectivity index (χ0n) is 12.7. The molecule has 4 heteroatoms. The predicted octanol–water partition coefficient (Wildman–Crippen LogP) is 5.10. The summed E-state index contributed by atoms with van der Waals surface area (Å²) < 4.78 is 12.2. The zero-order valence-corrected chi connectivity index (χ0v) is 14.3. The van der Waals surface area contributed by atoms with E-state index >= 15 is 0 Å². The van der Waals surface area contributed by atoms with Gasteiger partial charge in [0.05, 0.1) is 4.90 Å². The maximum absolute atomic E-state index is 6.11. The van der Waals surface area contributed by atoms with Gasteiger partial charge in [-0.1, -0.05) is 12.1 Å². The van der Waals surface area contributed by atoms with Crippen LogP contribution in [-0.4, -0.2) is 23.7 Å². The highest BCUT2D eigenvalue weighted by Gasteiger charge is 2.25. The molecule has 2 aromatic carbocycles. The van der Waals surface area contributed by atoms with Crippen LogP contribution in [0.15, 0.2) is 46.2 Å². The van der Waals surface area contributed by atoms with Crippen molar-refractivity contribution in [1.82, 2.24) is 0 Å². The van der Waals surface area contributed by atoms with E-state index in [1.165, 1.54) is 10.5 Å². The molecule has 2 atom stereocenters. The molecule has 4 heterocycles. The summed E-state index contributed by atoms with van der Waals surface area (Å²) in [6, 6.07) is 13.0. The molecule has 114 valence electrons. The molecule has 2 nitrogen and oxygen atoms in total. The predicted molar refractivity (Wildman–Crippen MR) is 93.5 cm³/mol. The first-order valence-corrected chi connectivity index (χ1v) is 9.33. The molecule has 4 bridgehead atoms. The molecule has 22 heavy (non-hydrogen) atoms. The summed E-state index contributed by atoms with van der Waals surface area (Å²) in [6.45, 7) is 5.85. The lowest BCUT2D eigenvalue weighted by Gasteiger charge is -2.27. The van der Waals surface area contributed by atoms with Crippen LogP contribution in [0, 0.1) is 0 Å². The lowest BCUT2D eigenvalue weighted by molar-refractivity contribution is 0.287. The van der Waals surface area contributed by atoms with Crippen molar-refractivity contribution in [3.05, 3.63) is 36.4 Å². The standard InChI is InChI=1S/C18H18O2S2/c1-11-9-19-16-8-7-15(13-3-5-14(21-11)6-4-13)17-18(16)22-12(2)10-20-17/h3-8,11-12H,9-10H2,1-2H3. The summed E-state index contributed by atoms with van der Waals surface area (Å²) in [5.74, 6) is 1.94. The Balaban J connectivity index is 1.91. The molecule has 0 saturated carbocycles. The van der Waals surface area contributed by atoms with Crippen LogP contribution in [0.4, 0.5) is 0 Å². The molecular weight excluding hydrogens is 312 g/mol. The third kappa shape index (κ3) is 2.59. The third-order valence-electron chi connectivity index (χ3n) is 3.83. The first-order valence-electron chi connectivity index (χ1n) is 7.57. The van der Waals surface area contributed by atoms with E-state index in [0.717, 1.165) is 28.6 Å². The molecular formula is C18H18O2S2. The first kappa shape index (κ1) is 14.3. The number of thioether (sulfide) groups is 2. The van der Waals surface area contributed by atoms with Crippen LogP contribution < -0.4 is 9.47 Å². The van der Waals surface area contributed by atoms with Crippen molar-refractivity contribution >= 4 is 23.5 Å². The van der Waals surface area contributed by atoms with E-state index in [1.54, 1.807) is 0 Å². The molecule has 0 aromatic heterocycles. The van der Waals surface area contributed by atoms with Gasteiger partial charge in [-0.05, 0) is 43.7 Å². The molecule has 6 rings (SSSR count). The van der Waals surface area contributed by atoms with Gasteiger partial charge in [-0.3, -0.25) is 0 Å². The average Bonchev–Trinajstić information content (AvgIpc) is 2.52. The van der Waals surface area contributed by atoms with Crippen LogP contribution in [0.3, 0.4) is 0 Å². The quantitative estimate of drug-likeness (QED) is 0.668. The van der Waals surface area contributed by atoms with Crippen molar-refractivity contribution in [1.29, 1.82) is 0 Å². The Kier molecular flexibility index (Phi) is 3.74. The fourth-order valence-electron chi connectivity index (χ4n) is 2.76. The van der Waals surface area contributed by atoms with Crippen LogP contribution in [0.25, 0.3) is 11.1 Å². The van der Waals surface area contributed by atoms with E-state index in [-0.39, 0.29) is 0 Å². The SMILES string of the molecule is CC1COc2ccc(c3c2SC(C)CO3)-c2ccc(cc2)S1. The zero-order chi connectivity index (χ0) is 15.1. The van der Waals surface area contributed by atoms with Gasteiger partial charge >= 0.3 is 0 Å². The summed E-state index contributed by atoms with van der Waals surface area (Å²) >= 11 is 3.72. The van der Waals surface area contributed by atoms with Crippen LogP contribution >= 0.6 is 23.5 Å². The molecule has 0 radical (unpaired) electrons. The summed E-state index contributed by atoms with van der Waals surface area (Å²) in [7, 11) is 0. The van der Waals surface area contributed by atoms with Gasteiger partial charge < -0.3 is 9.47 Å². The van der Waals surface area contributed by atoms with Gasteiger partial charge in [-0.2, -0.15) is 0 Å². The van der Waals surface area contributed by atoms with Crippen LogP contribution in [0.5, 0.6) is 11.5 Å². The summed E-state index contributed by atoms with van der Waals surface area (Å²) in [6.07, 6.45) is 0. The van der Waals surface area contributed by atoms with Crippen LogP contribution in [0.2, 0.25) is 0 Å². The molecule has 0 saturated heterocycles. The van der Waals surface area contributed by atoms with Gasteiger partial charge in [0.1, 0.15) is 24.7 Å². The highest BCUT2D eigenvalue weighted by atomic mass is 32.2. The van der Waals surface area contributed by atoms with Crippen LogP contribution in [-0.2, 0) is 0 Å². The Morgan fingerprint density at radius 1 is 0.864 bits per heavy atom. The van der Waals surface area contributed by atoms with E-state index in [2.05, 4.69) is 50.2 Å². The fourth-order valence-corrected chi connectivity index (χ4v) is 4.71. The Hall–Kier alpha value is -1.26. The normalized spacial score (nSPS) is 23.0. The lowest BCUT2D eigenvalue weighted by atomic mass is 10.0. The maximum Gasteiger partial charge on any atom is 0.144 e. The van der Waals surface area contributed by atoms with E-state index in [4.69, 9.17) is 9.47 Å². The molecule has 2 aromatic rings. The minimum atomic E-state index is 0.410. The Labute approximate surface area is 139 Å².